The first-order valence-corrected chi connectivity index (χ1v) is 12.5. The van der Waals surface area contributed by atoms with Crippen LogP contribution < -0.4 is 10.5 Å². The highest BCUT2D eigenvalue weighted by atomic mass is 32.2. The van der Waals surface area contributed by atoms with Gasteiger partial charge in [0.1, 0.15) is 11.3 Å². The molecule has 3 N–H and O–H groups in total. The third-order valence-electron chi connectivity index (χ3n) is 4.81. The number of hydrogen-bond donors (Lipinski definition) is 2. The van der Waals surface area contributed by atoms with E-state index in [4.69, 9.17) is 9.88 Å². The lowest BCUT2D eigenvalue weighted by Crippen LogP contribution is -2.30. The molecule has 0 aliphatic heterocycles. The van der Waals surface area contributed by atoms with Gasteiger partial charge in [-0.1, -0.05) is 24.3 Å². The number of nitrogens with one attached hydrogen (secondary N) is 1. The molecule has 2 heterocycles. The van der Waals surface area contributed by atoms with Gasteiger partial charge in [-0.2, -0.15) is 5.10 Å². The number of aromatic nitrogens is 2. The van der Waals surface area contributed by atoms with Crippen LogP contribution in [0.2, 0.25) is 0 Å². The van der Waals surface area contributed by atoms with Crippen molar-refractivity contribution in [1.82, 2.24) is 9.78 Å². The topological polar surface area (TPSA) is 133 Å². The van der Waals surface area contributed by atoms with Gasteiger partial charge in [0.05, 0.1) is 15.5 Å². The average Bonchev–Trinajstić information content (AvgIpc) is 3.49. The predicted molar refractivity (Wildman–Crippen MR) is 128 cm³/mol. The van der Waals surface area contributed by atoms with Gasteiger partial charge in [-0.05, 0) is 54.8 Å². The fourth-order valence-corrected chi connectivity index (χ4v) is 4.32. The van der Waals surface area contributed by atoms with E-state index in [0.717, 1.165) is 10.6 Å². The van der Waals surface area contributed by atoms with E-state index in [9.17, 15) is 18.0 Å². The van der Waals surface area contributed by atoms with Gasteiger partial charge in [0.15, 0.2) is 6.10 Å². The first kappa shape index (κ1) is 23.4. The van der Waals surface area contributed by atoms with Crippen LogP contribution in [0.4, 0.5) is 5.69 Å². The molecular weight excluding hydrogens is 476 g/mol. The van der Waals surface area contributed by atoms with Crippen LogP contribution in [0, 0.1) is 0 Å². The Labute approximate surface area is 199 Å². The van der Waals surface area contributed by atoms with Crippen LogP contribution in [-0.2, 0) is 19.6 Å². The summed E-state index contributed by atoms with van der Waals surface area (Å²) in [7, 11) is -3.84. The summed E-state index contributed by atoms with van der Waals surface area (Å²) in [5.74, 6) is -1.28. The van der Waals surface area contributed by atoms with Crippen molar-refractivity contribution in [3.63, 3.8) is 0 Å². The van der Waals surface area contributed by atoms with Crippen molar-refractivity contribution in [3.05, 3.63) is 83.9 Å². The molecule has 0 bridgehead atoms. The molecule has 34 heavy (non-hydrogen) atoms. The molecule has 0 saturated heterocycles. The van der Waals surface area contributed by atoms with Crippen LogP contribution in [0.25, 0.3) is 16.3 Å². The summed E-state index contributed by atoms with van der Waals surface area (Å²) in [6.07, 6.45) is 0.449. The lowest BCUT2D eigenvalue weighted by molar-refractivity contribution is -0.123. The van der Waals surface area contributed by atoms with Gasteiger partial charge in [0.25, 0.3) is 5.91 Å². The van der Waals surface area contributed by atoms with E-state index in [1.807, 2.05) is 47.8 Å². The number of primary sulfonamides is 1. The number of hydrogen-bond acceptors (Lipinski definition) is 7. The van der Waals surface area contributed by atoms with Crippen LogP contribution in [0.3, 0.4) is 0 Å². The van der Waals surface area contributed by atoms with E-state index in [-0.39, 0.29) is 10.5 Å². The molecule has 2 aromatic carbocycles. The second kappa shape index (κ2) is 9.59. The van der Waals surface area contributed by atoms with Crippen LogP contribution in [-0.4, -0.2) is 36.2 Å². The Kier molecular flexibility index (Phi) is 6.59. The minimum Gasteiger partial charge on any atom is -0.449 e. The number of carbonyl (C=O) groups is 2. The zero-order valence-electron chi connectivity index (χ0n) is 17.9. The number of amides is 1. The summed E-state index contributed by atoms with van der Waals surface area (Å²) < 4.78 is 29.7. The Morgan fingerprint density at radius 3 is 2.38 bits per heavy atom. The molecule has 0 saturated carbocycles. The third-order valence-corrected chi connectivity index (χ3v) is 6.62. The third kappa shape index (κ3) is 5.22. The predicted octanol–water partition coefficient (Wildman–Crippen LogP) is 3.43. The van der Waals surface area contributed by atoms with E-state index in [0.29, 0.717) is 11.4 Å². The van der Waals surface area contributed by atoms with Gasteiger partial charge in [0, 0.05) is 11.9 Å². The number of para-hydroxylation sites is 1. The Morgan fingerprint density at radius 2 is 1.76 bits per heavy atom. The van der Waals surface area contributed by atoms with Crippen molar-refractivity contribution < 1.29 is 22.7 Å². The van der Waals surface area contributed by atoms with Crippen molar-refractivity contribution in [3.8, 4) is 16.3 Å². The molecule has 9 nitrogen and oxygen atoms in total. The molecule has 11 heteroatoms. The smallest absolute Gasteiger partial charge is 0.342 e. The zero-order chi connectivity index (χ0) is 24.3. The maximum atomic E-state index is 13.0. The quantitative estimate of drug-likeness (QED) is 0.377. The molecule has 0 fully saturated rings. The maximum absolute atomic E-state index is 13.0. The second-order valence-electron chi connectivity index (χ2n) is 7.25. The molecule has 4 aromatic rings. The summed E-state index contributed by atoms with van der Waals surface area (Å²) in [5, 5.41) is 14.1. The lowest BCUT2D eigenvalue weighted by atomic mass is 10.2. The minimum atomic E-state index is -3.84. The first-order valence-electron chi connectivity index (χ1n) is 10.1. The van der Waals surface area contributed by atoms with Crippen molar-refractivity contribution in [2.45, 2.75) is 17.9 Å². The summed E-state index contributed by atoms with van der Waals surface area (Å²) >= 11 is 1.43. The van der Waals surface area contributed by atoms with Gasteiger partial charge in [-0.3, -0.25) is 4.79 Å². The van der Waals surface area contributed by atoms with Crippen molar-refractivity contribution in [2.75, 3.05) is 5.32 Å². The SMILES string of the molecule is CC(OC(=O)c1cn(-c2ccccc2)nc1-c1cccs1)C(=O)Nc1ccc(S(N)(=O)=O)cc1. The number of anilines is 1. The van der Waals surface area contributed by atoms with Crippen molar-refractivity contribution in [1.29, 1.82) is 0 Å². The second-order valence-corrected chi connectivity index (χ2v) is 9.76. The fraction of sp³-hybridized carbons (Fsp3) is 0.0870. The first-order chi connectivity index (χ1) is 16.2. The molecule has 1 unspecified atom stereocenters. The number of thiophene rings is 1. The van der Waals surface area contributed by atoms with Crippen molar-refractivity contribution in [2.24, 2.45) is 5.14 Å². The van der Waals surface area contributed by atoms with E-state index in [2.05, 4.69) is 10.4 Å². The highest BCUT2D eigenvalue weighted by molar-refractivity contribution is 7.89. The number of sulfonamides is 1. The molecule has 174 valence electrons. The Bertz CT molecular complexity index is 1410. The summed E-state index contributed by atoms with van der Waals surface area (Å²) in [6, 6.07) is 18.4. The highest BCUT2D eigenvalue weighted by Crippen LogP contribution is 2.28. The molecule has 1 atom stereocenters. The molecule has 4 rings (SSSR count). The standard InChI is InChI=1S/C23H20N4O5S2/c1-15(22(28)25-16-9-11-18(12-10-16)34(24,30)31)32-23(29)19-14-27(17-6-3-2-4-7-17)26-21(19)20-8-5-13-33-20/h2-15H,1H3,(H,25,28)(H2,24,30,31). The molecule has 1 amide bonds. The van der Waals surface area contributed by atoms with Crippen molar-refractivity contribution >= 4 is 38.9 Å². The normalized spacial score (nSPS) is 12.2. The molecule has 2 aromatic heterocycles. The van der Waals surface area contributed by atoms with Gasteiger partial charge in [-0.25, -0.2) is 23.0 Å². The number of nitrogens with two attached hydrogens (primary N) is 1. The Hall–Kier alpha value is -3.80. The lowest BCUT2D eigenvalue weighted by Gasteiger charge is -2.13. The molecule has 0 spiro atoms. The van der Waals surface area contributed by atoms with E-state index >= 15 is 0 Å². The molecule has 0 radical (unpaired) electrons. The largest absolute Gasteiger partial charge is 0.449 e. The number of rotatable bonds is 7. The highest BCUT2D eigenvalue weighted by Gasteiger charge is 2.25. The number of carbonyl (C=O) groups excluding carboxylic acids is 2. The summed E-state index contributed by atoms with van der Waals surface area (Å²) in [5.41, 5.74) is 1.78. The number of ether oxygens (including phenoxy) is 1. The Balaban J connectivity index is 1.51. The van der Waals surface area contributed by atoms with Gasteiger partial charge in [-0.15, -0.1) is 11.3 Å². The van der Waals surface area contributed by atoms with Crippen LogP contribution in [0.5, 0.6) is 0 Å². The van der Waals surface area contributed by atoms with Gasteiger partial charge < -0.3 is 10.1 Å². The van der Waals surface area contributed by atoms with E-state index in [1.54, 1.807) is 10.9 Å². The van der Waals surface area contributed by atoms with Crippen LogP contribution >= 0.6 is 11.3 Å². The summed E-state index contributed by atoms with van der Waals surface area (Å²) in [4.78, 5) is 26.3. The molecular formula is C23H20N4O5S2. The zero-order valence-corrected chi connectivity index (χ0v) is 19.5. The van der Waals surface area contributed by atoms with E-state index in [1.165, 1.54) is 42.5 Å². The number of esters is 1. The molecule has 0 aliphatic rings. The van der Waals surface area contributed by atoms with Crippen LogP contribution in [0.1, 0.15) is 17.3 Å². The van der Waals surface area contributed by atoms with Gasteiger partial charge >= 0.3 is 5.97 Å². The number of nitrogens with zero attached hydrogens (tertiary/aromatic N) is 2. The summed E-state index contributed by atoms with van der Waals surface area (Å²) in [6.45, 7) is 1.44. The van der Waals surface area contributed by atoms with Gasteiger partial charge in [0.2, 0.25) is 10.0 Å². The number of benzene rings is 2. The monoisotopic (exact) mass is 496 g/mol. The fourth-order valence-electron chi connectivity index (χ4n) is 3.08. The minimum absolute atomic E-state index is 0.0819. The van der Waals surface area contributed by atoms with Crippen LogP contribution in [0.15, 0.2) is 83.2 Å². The Morgan fingerprint density at radius 1 is 1.06 bits per heavy atom. The maximum Gasteiger partial charge on any atom is 0.342 e. The van der Waals surface area contributed by atoms with E-state index < -0.39 is 28.0 Å². The average molecular weight is 497 g/mol. The molecule has 0 aliphatic carbocycles.